The molecular formula is C35H47N9O4. The monoisotopic (exact) mass is 657 g/mol. The molecule has 0 radical (unpaired) electrons. The zero-order valence-electron chi connectivity index (χ0n) is 28.6. The number of hydrogen-bond donors (Lipinski definition) is 4. The second-order valence-electron chi connectivity index (χ2n) is 12.6. The number of ether oxygens (including phenoxy) is 1. The van der Waals surface area contributed by atoms with E-state index in [1.165, 1.54) is 4.90 Å². The number of nitrogens with one attached hydrogen (secondary N) is 4. The summed E-state index contributed by atoms with van der Waals surface area (Å²) in [5, 5.41) is 14.3. The first-order valence-electron chi connectivity index (χ1n) is 16.4. The molecule has 0 bridgehead atoms. The summed E-state index contributed by atoms with van der Waals surface area (Å²) in [6.45, 7) is 11.6. The molecule has 256 valence electrons. The molecule has 13 heteroatoms. The summed E-state index contributed by atoms with van der Waals surface area (Å²) >= 11 is 0. The summed E-state index contributed by atoms with van der Waals surface area (Å²) in [5.74, 6) is 1.09. The van der Waals surface area contributed by atoms with E-state index in [1.807, 2.05) is 62.4 Å². The standard InChI is InChI=1S/C35H47N9O4/c1-24-8-10-26-12-14-28(42-32(26)40-24)36-18-6-20-38-30(45)16-22-44(34(47)48-35(3,4)5)23-17-31(46)39-21-7-19-37-29-15-13-27-11-9-25(2)41-33(27)43-29/h8-15H,6-7,16-23H2,1-5H3,(H,38,45)(H,39,46)(H,36,40,42)(H,37,41,43). The Balaban J connectivity index is 1.13. The lowest BCUT2D eigenvalue weighted by molar-refractivity contribution is -0.121. The van der Waals surface area contributed by atoms with Crippen molar-refractivity contribution in [1.29, 1.82) is 0 Å². The smallest absolute Gasteiger partial charge is 0.410 e. The van der Waals surface area contributed by atoms with Crippen LogP contribution in [0.2, 0.25) is 0 Å². The number of hydrogen-bond acceptors (Lipinski definition) is 10. The van der Waals surface area contributed by atoms with E-state index in [9.17, 15) is 14.4 Å². The van der Waals surface area contributed by atoms with Gasteiger partial charge in [-0.25, -0.2) is 24.7 Å². The molecule has 4 aromatic heterocycles. The van der Waals surface area contributed by atoms with E-state index < -0.39 is 11.7 Å². The molecule has 4 aromatic rings. The maximum Gasteiger partial charge on any atom is 0.410 e. The van der Waals surface area contributed by atoms with Crippen LogP contribution in [0.5, 0.6) is 0 Å². The molecule has 0 spiro atoms. The molecule has 4 rings (SSSR count). The maximum atomic E-state index is 12.9. The van der Waals surface area contributed by atoms with Gasteiger partial charge in [-0.3, -0.25) is 9.59 Å². The lowest BCUT2D eigenvalue weighted by Crippen LogP contribution is -2.41. The van der Waals surface area contributed by atoms with Crippen LogP contribution in [0.4, 0.5) is 16.4 Å². The maximum absolute atomic E-state index is 12.9. The normalized spacial score (nSPS) is 11.3. The highest BCUT2D eigenvalue weighted by Crippen LogP contribution is 2.15. The van der Waals surface area contributed by atoms with E-state index in [1.54, 1.807) is 20.8 Å². The molecule has 0 atom stereocenters. The number of anilines is 2. The van der Waals surface area contributed by atoms with Crippen molar-refractivity contribution in [3.63, 3.8) is 0 Å². The van der Waals surface area contributed by atoms with Crippen LogP contribution in [0.3, 0.4) is 0 Å². The highest BCUT2D eigenvalue weighted by Gasteiger charge is 2.23. The first kappa shape index (κ1) is 35.8. The number of fused-ring (bicyclic) bond motifs is 2. The average Bonchev–Trinajstić information content (AvgIpc) is 3.03. The van der Waals surface area contributed by atoms with Gasteiger partial charge in [0.05, 0.1) is 0 Å². The van der Waals surface area contributed by atoms with E-state index in [0.29, 0.717) is 50.3 Å². The van der Waals surface area contributed by atoms with Crippen molar-refractivity contribution in [2.45, 2.75) is 65.9 Å². The summed E-state index contributed by atoms with van der Waals surface area (Å²) < 4.78 is 5.53. The summed E-state index contributed by atoms with van der Waals surface area (Å²) in [7, 11) is 0. The fourth-order valence-corrected chi connectivity index (χ4v) is 4.72. The molecule has 4 heterocycles. The first-order valence-corrected chi connectivity index (χ1v) is 16.4. The summed E-state index contributed by atoms with van der Waals surface area (Å²) in [6, 6.07) is 15.7. The minimum Gasteiger partial charge on any atom is -0.444 e. The fourth-order valence-electron chi connectivity index (χ4n) is 4.72. The van der Waals surface area contributed by atoms with Crippen molar-refractivity contribution in [1.82, 2.24) is 35.5 Å². The van der Waals surface area contributed by atoms with Gasteiger partial charge >= 0.3 is 6.09 Å². The van der Waals surface area contributed by atoms with E-state index in [4.69, 9.17) is 4.74 Å². The van der Waals surface area contributed by atoms with Gasteiger partial charge in [0.15, 0.2) is 11.3 Å². The minimum atomic E-state index is -0.705. The van der Waals surface area contributed by atoms with E-state index in [0.717, 1.165) is 33.8 Å². The third kappa shape index (κ3) is 11.9. The van der Waals surface area contributed by atoms with Gasteiger partial charge in [0.25, 0.3) is 0 Å². The third-order valence-corrected chi connectivity index (χ3v) is 7.22. The summed E-state index contributed by atoms with van der Waals surface area (Å²) in [4.78, 5) is 57.4. The van der Waals surface area contributed by atoms with Crippen LogP contribution >= 0.6 is 0 Å². The topological polar surface area (TPSA) is 163 Å². The van der Waals surface area contributed by atoms with Crippen molar-refractivity contribution in [2.24, 2.45) is 0 Å². The SMILES string of the molecule is Cc1ccc2ccc(NCCCNC(=O)CCN(CCC(=O)NCCCNc3ccc4ccc(C)nc4n3)C(=O)OC(C)(C)C)nc2n1. The molecule has 3 amide bonds. The quantitative estimate of drug-likeness (QED) is 0.124. The Morgan fingerprint density at radius 1 is 0.646 bits per heavy atom. The van der Waals surface area contributed by atoms with Crippen LogP contribution in [-0.4, -0.2) is 87.6 Å². The Morgan fingerprint density at radius 3 is 1.52 bits per heavy atom. The summed E-state index contributed by atoms with van der Waals surface area (Å²) in [5.41, 5.74) is 2.50. The van der Waals surface area contributed by atoms with E-state index >= 15 is 0 Å². The molecule has 0 fully saturated rings. The molecule has 0 aliphatic rings. The van der Waals surface area contributed by atoms with Gasteiger partial charge in [0.2, 0.25) is 11.8 Å². The molecular weight excluding hydrogens is 610 g/mol. The van der Waals surface area contributed by atoms with Gasteiger partial charge < -0.3 is 30.9 Å². The van der Waals surface area contributed by atoms with Crippen molar-refractivity contribution in [3.05, 3.63) is 59.9 Å². The van der Waals surface area contributed by atoms with Crippen LogP contribution in [0.25, 0.3) is 22.1 Å². The lowest BCUT2D eigenvalue weighted by Gasteiger charge is -2.27. The predicted molar refractivity (Wildman–Crippen MR) is 188 cm³/mol. The minimum absolute atomic E-state index is 0.0924. The zero-order valence-corrected chi connectivity index (χ0v) is 28.6. The Bertz CT molecular complexity index is 1600. The van der Waals surface area contributed by atoms with Crippen LogP contribution in [-0.2, 0) is 14.3 Å². The number of pyridine rings is 4. The van der Waals surface area contributed by atoms with Gasteiger partial charge in [0, 0.05) is 74.3 Å². The van der Waals surface area contributed by atoms with Crippen molar-refractivity contribution < 1.29 is 19.1 Å². The van der Waals surface area contributed by atoms with E-state index in [2.05, 4.69) is 41.2 Å². The number of rotatable bonds is 16. The van der Waals surface area contributed by atoms with Crippen LogP contribution < -0.4 is 21.3 Å². The predicted octanol–water partition coefficient (Wildman–Crippen LogP) is 4.74. The summed E-state index contributed by atoms with van der Waals surface area (Å²) in [6.07, 6.45) is 1.00. The highest BCUT2D eigenvalue weighted by atomic mass is 16.6. The van der Waals surface area contributed by atoms with Gasteiger partial charge in [-0.05, 0) is 96.0 Å². The Morgan fingerprint density at radius 2 is 1.08 bits per heavy atom. The number of aryl methyl sites for hydroxylation is 2. The van der Waals surface area contributed by atoms with Gasteiger partial charge in [-0.15, -0.1) is 0 Å². The van der Waals surface area contributed by atoms with Crippen LogP contribution in [0.15, 0.2) is 48.5 Å². The van der Waals surface area contributed by atoms with Crippen LogP contribution in [0, 0.1) is 13.8 Å². The van der Waals surface area contributed by atoms with Crippen molar-refractivity contribution in [3.8, 4) is 0 Å². The molecule has 0 unspecified atom stereocenters. The van der Waals surface area contributed by atoms with E-state index in [-0.39, 0.29) is 37.7 Å². The number of carbonyl (C=O) groups excluding carboxylic acids is 3. The number of nitrogens with zero attached hydrogens (tertiary/aromatic N) is 5. The fraction of sp³-hybridized carbons (Fsp3) is 0.457. The van der Waals surface area contributed by atoms with Crippen molar-refractivity contribution >= 4 is 51.6 Å². The Labute approximate surface area is 281 Å². The van der Waals surface area contributed by atoms with Gasteiger partial charge in [-0.1, -0.05) is 0 Å². The number of aromatic nitrogens is 4. The average molecular weight is 658 g/mol. The molecule has 13 nitrogen and oxygen atoms in total. The molecule has 0 saturated carbocycles. The molecule has 4 N–H and O–H groups in total. The van der Waals surface area contributed by atoms with Gasteiger partial charge in [-0.2, -0.15) is 0 Å². The van der Waals surface area contributed by atoms with Crippen LogP contribution in [0.1, 0.15) is 57.8 Å². The third-order valence-electron chi connectivity index (χ3n) is 7.22. The zero-order chi connectivity index (χ0) is 34.5. The lowest BCUT2D eigenvalue weighted by atomic mass is 10.2. The second kappa shape index (κ2) is 17.2. The number of amides is 3. The highest BCUT2D eigenvalue weighted by molar-refractivity contribution is 5.79. The molecule has 0 aliphatic heterocycles. The molecule has 0 saturated heterocycles. The van der Waals surface area contributed by atoms with Crippen molar-refractivity contribution in [2.75, 3.05) is 49.9 Å². The molecule has 48 heavy (non-hydrogen) atoms. The second-order valence-corrected chi connectivity index (χ2v) is 12.6. The molecule has 0 aromatic carbocycles. The first-order chi connectivity index (χ1) is 22.9. The Kier molecular flexibility index (Phi) is 12.8. The molecule has 0 aliphatic carbocycles. The largest absolute Gasteiger partial charge is 0.444 e. The van der Waals surface area contributed by atoms with Gasteiger partial charge in [0.1, 0.15) is 17.2 Å². The number of carbonyl (C=O) groups is 3. The Hall–Kier alpha value is -5.07.